The van der Waals surface area contributed by atoms with Crippen LogP contribution < -0.4 is 5.32 Å². The number of halogens is 1. The minimum atomic E-state index is 0.534. The third-order valence-electron chi connectivity index (χ3n) is 2.03. The van der Waals surface area contributed by atoms with E-state index in [0.29, 0.717) is 12.4 Å². The maximum Gasteiger partial charge on any atom is 0.294 e. The first-order chi connectivity index (χ1) is 7.28. The molecule has 0 aliphatic carbocycles. The quantitative estimate of drug-likeness (QED) is 0.868. The summed E-state index contributed by atoms with van der Waals surface area (Å²) in [5, 5.41) is 3.58. The molecule has 0 saturated heterocycles. The number of nitrogens with one attached hydrogen (secondary N) is 1. The standard InChI is InChI=1S/C11H11ClN2O/c1-13-11-14-7-10(15-11)6-8-3-2-4-9(12)5-8/h2-5,7H,6H2,1H3,(H,13,14). The monoisotopic (exact) mass is 222 g/mol. The van der Waals surface area contributed by atoms with E-state index < -0.39 is 0 Å². The fourth-order valence-electron chi connectivity index (χ4n) is 1.35. The molecule has 4 heteroatoms. The molecule has 2 rings (SSSR count). The molecule has 1 heterocycles. The maximum absolute atomic E-state index is 5.88. The van der Waals surface area contributed by atoms with Crippen molar-refractivity contribution in [3.05, 3.63) is 46.8 Å². The maximum atomic E-state index is 5.88. The van der Waals surface area contributed by atoms with E-state index >= 15 is 0 Å². The third kappa shape index (κ3) is 2.50. The normalized spacial score (nSPS) is 10.3. The van der Waals surface area contributed by atoms with E-state index in [9.17, 15) is 0 Å². The fourth-order valence-corrected chi connectivity index (χ4v) is 1.57. The molecule has 2 aromatic rings. The molecule has 0 aliphatic heterocycles. The molecule has 0 aliphatic rings. The molecule has 3 nitrogen and oxygen atoms in total. The summed E-state index contributed by atoms with van der Waals surface area (Å²) in [6.45, 7) is 0. The summed E-state index contributed by atoms with van der Waals surface area (Å²) in [4.78, 5) is 4.04. The first kappa shape index (κ1) is 10.1. The van der Waals surface area contributed by atoms with Gasteiger partial charge in [-0.2, -0.15) is 0 Å². The van der Waals surface area contributed by atoms with Gasteiger partial charge < -0.3 is 9.73 Å². The molecule has 0 atom stereocenters. The Morgan fingerprint density at radius 2 is 2.33 bits per heavy atom. The molecular weight excluding hydrogens is 212 g/mol. The topological polar surface area (TPSA) is 38.1 Å². The van der Waals surface area contributed by atoms with Gasteiger partial charge in [-0.15, -0.1) is 0 Å². The number of benzene rings is 1. The molecule has 0 bridgehead atoms. The van der Waals surface area contributed by atoms with Gasteiger partial charge in [-0.05, 0) is 17.7 Å². The zero-order valence-corrected chi connectivity index (χ0v) is 9.08. The predicted molar refractivity (Wildman–Crippen MR) is 60.3 cm³/mol. The molecule has 1 aromatic heterocycles. The van der Waals surface area contributed by atoms with Crippen LogP contribution in [-0.4, -0.2) is 12.0 Å². The van der Waals surface area contributed by atoms with Crippen LogP contribution in [0.25, 0.3) is 0 Å². The Hall–Kier alpha value is -1.48. The van der Waals surface area contributed by atoms with E-state index in [4.69, 9.17) is 16.0 Å². The van der Waals surface area contributed by atoms with Gasteiger partial charge in [0.25, 0.3) is 6.01 Å². The second-order valence-electron chi connectivity index (χ2n) is 3.19. The van der Waals surface area contributed by atoms with Gasteiger partial charge >= 0.3 is 0 Å². The SMILES string of the molecule is CNc1ncc(Cc2cccc(Cl)c2)o1. The van der Waals surface area contributed by atoms with Crippen molar-refractivity contribution in [3.63, 3.8) is 0 Å². The van der Waals surface area contributed by atoms with Crippen LogP contribution in [0.3, 0.4) is 0 Å². The highest BCUT2D eigenvalue weighted by Crippen LogP contribution is 2.16. The second-order valence-corrected chi connectivity index (χ2v) is 3.62. The molecule has 15 heavy (non-hydrogen) atoms. The number of oxazole rings is 1. The van der Waals surface area contributed by atoms with E-state index in [2.05, 4.69) is 10.3 Å². The molecular formula is C11H11ClN2O. The molecule has 78 valence electrons. The van der Waals surface area contributed by atoms with Crippen LogP contribution in [0, 0.1) is 0 Å². The van der Waals surface area contributed by atoms with Crippen molar-refractivity contribution in [1.29, 1.82) is 0 Å². The van der Waals surface area contributed by atoms with Gasteiger partial charge in [0, 0.05) is 18.5 Å². The summed E-state index contributed by atoms with van der Waals surface area (Å²) in [5.74, 6) is 0.821. The highest BCUT2D eigenvalue weighted by atomic mass is 35.5. The van der Waals surface area contributed by atoms with Crippen molar-refractivity contribution >= 4 is 17.6 Å². The van der Waals surface area contributed by atoms with E-state index in [-0.39, 0.29) is 0 Å². The Labute approximate surface area is 93.1 Å². The Morgan fingerprint density at radius 3 is 3.00 bits per heavy atom. The summed E-state index contributed by atoms with van der Waals surface area (Å²) in [7, 11) is 1.77. The zero-order valence-electron chi connectivity index (χ0n) is 8.33. The zero-order chi connectivity index (χ0) is 10.7. The molecule has 0 unspecified atom stereocenters. The third-order valence-corrected chi connectivity index (χ3v) is 2.27. The molecule has 0 saturated carbocycles. The minimum absolute atomic E-state index is 0.534. The summed E-state index contributed by atoms with van der Waals surface area (Å²) >= 11 is 5.88. The van der Waals surface area contributed by atoms with Gasteiger partial charge in [0.05, 0.1) is 6.20 Å². The van der Waals surface area contributed by atoms with Crippen LogP contribution >= 0.6 is 11.6 Å². The number of aromatic nitrogens is 1. The molecule has 1 aromatic carbocycles. The van der Waals surface area contributed by atoms with E-state index in [1.807, 2.05) is 24.3 Å². The van der Waals surface area contributed by atoms with Gasteiger partial charge in [0.2, 0.25) is 0 Å². The van der Waals surface area contributed by atoms with E-state index in [1.54, 1.807) is 13.2 Å². The lowest BCUT2D eigenvalue weighted by Crippen LogP contribution is -1.86. The van der Waals surface area contributed by atoms with Crippen molar-refractivity contribution in [2.24, 2.45) is 0 Å². The number of rotatable bonds is 3. The fraction of sp³-hybridized carbons (Fsp3) is 0.182. The van der Waals surface area contributed by atoms with Gasteiger partial charge in [-0.3, -0.25) is 0 Å². The van der Waals surface area contributed by atoms with Crippen molar-refractivity contribution in [3.8, 4) is 0 Å². The van der Waals surface area contributed by atoms with Crippen LogP contribution in [0.2, 0.25) is 5.02 Å². The Bertz CT molecular complexity index is 453. The first-order valence-corrected chi connectivity index (χ1v) is 5.02. The van der Waals surface area contributed by atoms with Gasteiger partial charge in [-0.1, -0.05) is 23.7 Å². The average Bonchev–Trinajstić information content (AvgIpc) is 2.65. The summed E-state index contributed by atoms with van der Waals surface area (Å²) in [6, 6.07) is 8.24. The average molecular weight is 223 g/mol. The van der Waals surface area contributed by atoms with Gasteiger partial charge in [-0.25, -0.2) is 4.98 Å². The van der Waals surface area contributed by atoms with E-state index in [0.717, 1.165) is 16.3 Å². The van der Waals surface area contributed by atoms with Crippen molar-refractivity contribution in [2.75, 3.05) is 12.4 Å². The second kappa shape index (κ2) is 4.36. The lowest BCUT2D eigenvalue weighted by atomic mass is 10.1. The van der Waals surface area contributed by atoms with Gasteiger partial charge in [0.15, 0.2) is 0 Å². The summed E-state index contributed by atoms with van der Waals surface area (Å²) in [6.07, 6.45) is 2.42. The largest absolute Gasteiger partial charge is 0.428 e. The van der Waals surface area contributed by atoms with Crippen LogP contribution in [0.1, 0.15) is 11.3 Å². The van der Waals surface area contributed by atoms with Crippen LogP contribution in [0.5, 0.6) is 0 Å². The number of hydrogen-bond acceptors (Lipinski definition) is 3. The molecule has 0 fully saturated rings. The van der Waals surface area contributed by atoms with Crippen molar-refractivity contribution in [1.82, 2.24) is 4.98 Å². The number of hydrogen-bond donors (Lipinski definition) is 1. The van der Waals surface area contributed by atoms with Crippen LogP contribution in [-0.2, 0) is 6.42 Å². The Balaban J connectivity index is 2.14. The number of anilines is 1. The smallest absolute Gasteiger partial charge is 0.294 e. The van der Waals surface area contributed by atoms with E-state index in [1.165, 1.54) is 0 Å². The minimum Gasteiger partial charge on any atom is -0.428 e. The lowest BCUT2D eigenvalue weighted by Gasteiger charge is -1.98. The van der Waals surface area contributed by atoms with Crippen LogP contribution in [0.15, 0.2) is 34.9 Å². The molecule has 0 radical (unpaired) electrons. The summed E-state index contributed by atoms with van der Waals surface area (Å²) < 4.78 is 5.41. The highest BCUT2D eigenvalue weighted by molar-refractivity contribution is 6.30. The van der Waals surface area contributed by atoms with Crippen LogP contribution in [0.4, 0.5) is 6.01 Å². The first-order valence-electron chi connectivity index (χ1n) is 4.65. The van der Waals surface area contributed by atoms with Crippen molar-refractivity contribution in [2.45, 2.75) is 6.42 Å². The highest BCUT2D eigenvalue weighted by Gasteiger charge is 2.03. The van der Waals surface area contributed by atoms with Crippen molar-refractivity contribution < 1.29 is 4.42 Å². The lowest BCUT2D eigenvalue weighted by molar-refractivity contribution is 0.530. The number of nitrogens with zero attached hydrogens (tertiary/aromatic N) is 1. The van der Waals surface area contributed by atoms with Gasteiger partial charge in [0.1, 0.15) is 5.76 Å². The Kier molecular flexibility index (Phi) is 2.92. The molecule has 0 spiro atoms. The molecule has 1 N–H and O–H groups in total. The molecule has 0 amide bonds. The predicted octanol–water partition coefficient (Wildman–Crippen LogP) is 2.96. The summed E-state index contributed by atoms with van der Waals surface area (Å²) in [5.41, 5.74) is 1.11. The Morgan fingerprint density at radius 1 is 1.47 bits per heavy atom.